The first kappa shape index (κ1) is 24.7. The number of methoxy groups -OCH3 is 3. The first-order valence-corrected chi connectivity index (χ1v) is 12.6. The Balaban J connectivity index is 1.53. The monoisotopic (exact) mass is 500 g/mol. The fourth-order valence-corrected chi connectivity index (χ4v) is 5.12. The number of carbonyl (C=O) groups is 1. The van der Waals surface area contributed by atoms with Gasteiger partial charge in [0.2, 0.25) is 5.75 Å². The highest BCUT2D eigenvalue weighted by molar-refractivity contribution is 5.98. The van der Waals surface area contributed by atoms with E-state index in [4.69, 9.17) is 18.6 Å². The normalized spacial score (nSPS) is 13.9. The Morgan fingerprint density at radius 3 is 2.32 bits per heavy atom. The number of fused-ring (bicyclic) bond motifs is 1. The smallest absolute Gasteiger partial charge is 0.251 e. The minimum Gasteiger partial charge on any atom is -0.493 e. The number of rotatable bonds is 7. The van der Waals surface area contributed by atoms with Gasteiger partial charge in [-0.25, -0.2) is 0 Å². The van der Waals surface area contributed by atoms with Crippen LogP contribution >= 0.6 is 0 Å². The maximum Gasteiger partial charge on any atom is 0.251 e. The van der Waals surface area contributed by atoms with Gasteiger partial charge in [0.15, 0.2) is 17.1 Å². The molecule has 5 rings (SSSR count). The van der Waals surface area contributed by atoms with Gasteiger partial charge in [-0.3, -0.25) is 9.78 Å². The van der Waals surface area contributed by atoms with Gasteiger partial charge in [-0.05, 0) is 61.2 Å². The first-order valence-electron chi connectivity index (χ1n) is 12.6. The Labute approximate surface area is 216 Å². The maximum absolute atomic E-state index is 13.1. The van der Waals surface area contributed by atoms with Crippen LogP contribution in [0, 0.1) is 6.92 Å². The van der Waals surface area contributed by atoms with E-state index in [1.165, 1.54) is 19.3 Å². The predicted octanol–water partition coefficient (Wildman–Crippen LogP) is 6.56. The highest BCUT2D eigenvalue weighted by Gasteiger charge is 2.20. The summed E-state index contributed by atoms with van der Waals surface area (Å²) in [5.41, 5.74) is 5.59. The summed E-state index contributed by atoms with van der Waals surface area (Å²) >= 11 is 0. The number of benzene rings is 2. The molecule has 0 bridgehead atoms. The Morgan fingerprint density at radius 1 is 0.919 bits per heavy atom. The van der Waals surface area contributed by atoms with Gasteiger partial charge in [0.25, 0.3) is 5.91 Å². The van der Waals surface area contributed by atoms with E-state index in [-0.39, 0.29) is 11.9 Å². The fourth-order valence-electron chi connectivity index (χ4n) is 5.12. The highest BCUT2D eigenvalue weighted by atomic mass is 16.5. The average molecular weight is 501 g/mol. The van der Waals surface area contributed by atoms with Gasteiger partial charge in [-0.2, -0.15) is 0 Å². The molecule has 7 heteroatoms. The van der Waals surface area contributed by atoms with Crippen LogP contribution in [0.3, 0.4) is 0 Å². The molecule has 1 aliphatic rings. The summed E-state index contributed by atoms with van der Waals surface area (Å²) in [6.07, 6.45) is 7.45. The molecule has 1 fully saturated rings. The number of hydrogen-bond donors (Lipinski definition) is 1. The van der Waals surface area contributed by atoms with Crippen LogP contribution in [-0.2, 0) is 0 Å². The third kappa shape index (κ3) is 4.99. The van der Waals surface area contributed by atoms with Crippen molar-refractivity contribution in [2.75, 3.05) is 21.3 Å². The lowest BCUT2D eigenvalue weighted by Gasteiger charge is -2.23. The number of aryl methyl sites for hydroxylation is 1. The van der Waals surface area contributed by atoms with Crippen molar-refractivity contribution in [2.45, 2.75) is 45.1 Å². The minimum atomic E-state index is -0.0280. The van der Waals surface area contributed by atoms with E-state index in [1.54, 1.807) is 27.5 Å². The molecule has 4 aromatic rings. The molecule has 0 saturated heterocycles. The Hall–Kier alpha value is -4.00. The topological polar surface area (TPSA) is 82.8 Å². The van der Waals surface area contributed by atoms with Gasteiger partial charge < -0.3 is 23.9 Å². The van der Waals surface area contributed by atoms with Crippen molar-refractivity contribution >= 4 is 17.0 Å². The quantitative estimate of drug-likeness (QED) is 0.309. The van der Waals surface area contributed by atoms with Crippen molar-refractivity contribution in [3.8, 4) is 39.7 Å². The van der Waals surface area contributed by atoms with Crippen LogP contribution in [0.25, 0.3) is 33.6 Å². The van der Waals surface area contributed by atoms with Crippen LogP contribution in [0.15, 0.2) is 53.1 Å². The van der Waals surface area contributed by atoms with Gasteiger partial charge in [0.1, 0.15) is 11.3 Å². The molecule has 2 aromatic heterocycles. The van der Waals surface area contributed by atoms with E-state index in [0.29, 0.717) is 34.2 Å². The Kier molecular flexibility index (Phi) is 7.04. The minimum absolute atomic E-state index is 0.0280. The van der Waals surface area contributed by atoms with Crippen molar-refractivity contribution in [3.05, 3.63) is 59.8 Å². The second kappa shape index (κ2) is 10.5. The van der Waals surface area contributed by atoms with Crippen LogP contribution in [-0.4, -0.2) is 38.3 Å². The number of furan rings is 1. The van der Waals surface area contributed by atoms with E-state index in [2.05, 4.69) is 16.4 Å². The number of hydrogen-bond acceptors (Lipinski definition) is 6. The van der Waals surface area contributed by atoms with Crippen LogP contribution in [0.5, 0.6) is 17.2 Å². The van der Waals surface area contributed by atoms with Crippen molar-refractivity contribution in [1.82, 2.24) is 10.3 Å². The molecular weight excluding hydrogens is 468 g/mol. The molecule has 0 unspecified atom stereocenters. The summed E-state index contributed by atoms with van der Waals surface area (Å²) in [4.78, 5) is 17.6. The zero-order valence-corrected chi connectivity index (χ0v) is 21.7. The van der Waals surface area contributed by atoms with Gasteiger partial charge in [0.05, 0.1) is 21.3 Å². The molecule has 1 aliphatic carbocycles. The summed E-state index contributed by atoms with van der Waals surface area (Å²) in [7, 11) is 4.74. The van der Waals surface area contributed by atoms with Crippen molar-refractivity contribution in [1.29, 1.82) is 0 Å². The number of ether oxygens (including phenoxy) is 3. The molecule has 192 valence electrons. The van der Waals surface area contributed by atoms with Crippen molar-refractivity contribution < 1.29 is 23.4 Å². The summed E-state index contributed by atoms with van der Waals surface area (Å²) < 4.78 is 22.8. The standard InChI is InChI=1S/C30H32N2O5/c1-18-12-19(14-21(13-18)30(33)32-22-8-6-5-7-9-22)23-10-11-31-24-17-25(37-28(23)24)20-15-26(34-2)29(36-4)27(16-20)35-3/h10-17,22H,5-9H2,1-4H3,(H,32,33). The largest absolute Gasteiger partial charge is 0.493 e. The zero-order valence-electron chi connectivity index (χ0n) is 21.7. The number of carbonyl (C=O) groups excluding carboxylic acids is 1. The molecule has 1 N–H and O–H groups in total. The van der Waals surface area contributed by atoms with Gasteiger partial charge >= 0.3 is 0 Å². The molecule has 37 heavy (non-hydrogen) atoms. The molecule has 2 heterocycles. The van der Waals surface area contributed by atoms with E-state index in [1.807, 2.05) is 43.3 Å². The lowest BCUT2D eigenvalue weighted by molar-refractivity contribution is 0.0927. The number of aromatic nitrogens is 1. The Morgan fingerprint density at radius 2 is 1.65 bits per heavy atom. The number of pyridine rings is 1. The molecule has 1 saturated carbocycles. The first-order chi connectivity index (χ1) is 18.0. The molecule has 0 radical (unpaired) electrons. The maximum atomic E-state index is 13.1. The second-order valence-electron chi connectivity index (χ2n) is 9.49. The highest BCUT2D eigenvalue weighted by Crippen LogP contribution is 2.43. The number of nitrogens with zero attached hydrogens (tertiary/aromatic N) is 1. The second-order valence-corrected chi connectivity index (χ2v) is 9.49. The van der Waals surface area contributed by atoms with Gasteiger partial charge in [-0.1, -0.05) is 25.3 Å². The average Bonchev–Trinajstić information content (AvgIpc) is 3.37. The lowest BCUT2D eigenvalue weighted by atomic mass is 9.95. The van der Waals surface area contributed by atoms with E-state index in [9.17, 15) is 4.79 Å². The SMILES string of the molecule is COc1cc(-c2cc3nccc(-c4cc(C)cc(C(=O)NC5CCCCC5)c4)c3o2)cc(OC)c1OC. The van der Waals surface area contributed by atoms with Crippen LogP contribution in [0.2, 0.25) is 0 Å². The number of amides is 1. The molecular formula is C30H32N2O5. The summed E-state index contributed by atoms with van der Waals surface area (Å²) in [6, 6.07) is 13.7. The third-order valence-corrected chi connectivity index (χ3v) is 6.95. The fraction of sp³-hybridized carbons (Fsp3) is 0.333. The summed E-state index contributed by atoms with van der Waals surface area (Å²) in [5.74, 6) is 2.19. The van der Waals surface area contributed by atoms with E-state index < -0.39 is 0 Å². The van der Waals surface area contributed by atoms with Crippen LogP contribution < -0.4 is 19.5 Å². The zero-order chi connectivity index (χ0) is 25.9. The summed E-state index contributed by atoms with van der Waals surface area (Å²) in [5, 5.41) is 3.23. The van der Waals surface area contributed by atoms with Crippen LogP contribution in [0.4, 0.5) is 0 Å². The van der Waals surface area contributed by atoms with E-state index in [0.717, 1.165) is 40.6 Å². The molecule has 2 aromatic carbocycles. The molecule has 0 spiro atoms. The predicted molar refractivity (Wildman–Crippen MR) is 144 cm³/mol. The van der Waals surface area contributed by atoms with Crippen LogP contribution in [0.1, 0.15) is 48.0 Å². The molecule has 0 atom stereocenters. The summed E-state index contributed by atoms with van der Waals surface area (Å²) in [6.45, 7) is 2.00. The van der Waals surface area contributed by atoms with Crippen molar-refractivity contribution in [2.24, 2.45) is 0 Å². The van der Waals surface area contributed by atoms with E-state index >= 15 is 0 Å². The molecule has 0 aliphatic heterocycles. The third-order valence-electron chi connectivity index (χ3n) is 6.95. The van der Waals surface area contributed by atoms with Crippen molar-refractivity contribution in [3.63, 3.8) is 0 Å². The Bertz CT molecular complexity index is 1410. The lowest BCUT2D eigenvalue weighted by Crippen LogP contribution is -2.36. The molecule has 1 amide bonds. The number of nitrogens with one attached hydrogen (secondary N) is 1. The van der Waals surface area contributed by atoms with Gasteiger partial charge in [0, 0.05) is 35.0 Å². The molecule has 7 nitrogen and oxygen atoms in total. The van der Waals surface area contributed by atoms with Gasteiger partial charge in [-0.15, -0.1) is 0 Å².